The van der Waals surface area contributed by atoms with Gasteiger partial charge in [-0.05, 0) is 44.7 Å². The molecule has 0 radical (unpaired) electrons. The molecule has 0 unspecified atom stereocenters. The largest absolute Gasteiger partial charge is 0.424 e. The van der Waals surface area contributed by atoms with Crippen LogP contribution in [0.15, 0.2) is 58.4 Å². The van der Waals surface area contributed by atoms with Gasteiger partial charge in [-0.3, -0.25) is 19.5 Å². The minimum atomic E-state index is -1.38. The zero-order valence-electron chi connectivity index (χ0n) is 25.5. The van der Waals surface area contributed by atoms with Crippen LogP contribution in [0, 0.1) is 17.8 Å². The molecule has 2 saturated heterocycles. The van der Waals surface area contributed by atoms with Gasteiger partial charge in [-0.2, -0.15) is 0 Å². The van der Waals surface area contributed by atoms with Gasteiger partial charge in [0.15, 0.2) is 0 Å². The predicted octanol–water partition coefficient (Wildman–Crippen LogP) is 4.15. The van der Waals surface area contributed by atoms with Crippen molar-refractivity contribution >= 4 is 29.9 Å². The van der Waals surface area contributed by atoms with Crippen molar-refractivity contribution in [2.75, 3.05) is 39.9 Å². The normalized spacial score (nSPS) is 27.2. The highest BCUT2D eigenvalue weighted by Gasteiger charge is 2.69. The highest BCUT2D eigenvalue weighted by molar-refractivity contribution is 6.09. The lowest BCUT2D eigenvalue weighted by Gasteiger charge is -2.51. The van der Waals surface area contributed by atoms with Crippen LogP contribution in [0.1, 0.15) is 46.1 Å². The van der Waals surface area contributed by atoms with Crippen LogP contribution in [0.5, 0.6) is 0 Å². The lowest BCUT2D eigenvalue weighted by molar-refractivity contribution is -0.140. The Morgan fingerprint density at radius 1 is 1.09 bits per heavy atom. The van der Waals surface area contributed by atoms with E-state index in [4.69, 9.17) is 19.2 Å². The van der Waals surface area contributed by atoms with Gasteiger partial charge in [0, 0.05) is 44.7 Å². The molecule has 5 rings (SSSR count). The Labute approximate surface area is 252 Å². The Morgan fingerprint density at radius 2 is 1.81 bits per heavy atom. The number of rotatable bonds is 10. The third kappa shape index (κ3) is 4.83. The molecule has 2 fully saturated rings. The van der Waals surface area contributed by atoms with E-state index in [9.17, 15) is 19.2 Å². The molecule has 4 atom stereocenters. The quantitative estimate of drug-likeness (QED) is 0.296. The second-order valence-electron chi connectivity index (χ2n) is 11.1. The van der Waals surface area contributed by atoms with Gasteiger partial charge in [0.1, 0.15) is 5.54 Å². The standard InChI is InChI=1S/C32H40N4O7/c1-6-21-22-15-16-23-24(27(38)35(9-4)26(23)37)25(22)32(19-20-13-11-10-12-14-20)29(33-17-18-41-5)43-31(40)36(32)28(21)42-30(39)34(7-2)8-3/h10-15,23-25H,6-9,16-19H2,1-5H3/t23-,24-,25+,32+/m1/s1. The van der Waals surface area contributed by atoms with Crippen molar-refractivity contribution in [3.05, 3.63) is 59.0 Å². The number of methoxy groups -OCH3 is 1. The number of carbonyl (C=O) groups is 4. The minimum absolute atomic E-state index is 0.0855. The number of imide groups is 1. The third-order valence-electron chi connectivity index (χ3n) is 9.06. The number of fused-ring (bicyclic) bond motifs is 5. The summed E-state index contributed by atoms with van der Waals surface area (Å²) >= 11 is 0. The molecule has 3 heterocycles. The van der Waals surface area contributed by atoms with E-state index >= 15 is 0 Å². The third-order valence-corrected chi connectivity index (χ3v) is 9.06. The van der Waals surface area contributed by atoms with Crippen LogP contribution in [0.2, 0.25) is 0 Å². The van der Waals surface area contributed by atoms with Gasteiger partial charge >= 0.3 is 12.2 Å². The lowest BCUT2D eigenvalue weighted by Crippen LogP contribution is -2.63. The first-order valence-corrected chi connectivity index (χ1v) is 15.1. The van der Waals surface area contributed by atoms with Crippen molar-refractivity contribution in [3.63, 3.8) is 0 Å². The van der Waals surface area contributed by atoms with Crippen LogP contribution >= 0.6 is 0 Å². The Bertz CT molecular complexity index is 1380. The number of nitrogens with zero attached hydrogens (tertiary/aromatic N) is 4. The average Bonchev–Trinajstić information content (AvgIpc) is 3.43. The molecule has 230 valence electrons. The molecule has 4 amide bonds. The Hall–Kier alpha value is -3.99. The van der Waals surface area contributed by atoms with Gasteiger partial charge in [0.25, 0.3) is 0 Å². The Balaban J connectivity index is 1.80. The van der Waals surface area contributed by atoms with Crippen molar-refractivity contribution in [2.24, 2.45) is 22.7 Å². The molecule has 3 aliphatic heterocycles. The second-order valence-corrected chi connectivity index (χ2v) is 11.1. The van der Waals surface area contributed by atoms with E-state index in [0.717, 1.165) is 11.1 Å². The first-order valence-electron chi connectivity index (χ1n) is 15.1. The van der Waals surface area contributed by atoms with Crippen LogP contribution in [-0.4, -0.2) is 90.0 Å². The van der Waals surface area contributed by atoms with Crippen LogP contribution in [-0.2, 0) is 30.2 Å². The SMILES string of the molecule is CCC1=C(OC(=O)N(CC)CC)N2C(=O)OC(=NCCOC)[C@]2(Cc2ccccc2)[C@H]2C1=CC[C@H]1C(=O)N(CC)C(=O)[C@H]12. The summed E-state index contributed by atoms with van der Waals surface area (Å²) in [5.41, 5.74) is 0.914. The molecule has 1 aromatic rings. The molecular formula is C32H40N4O7. The van der Waals surface area contributed by atoms with E-state index in [1.807, 2.05) is 57.2 Å². The smallest absolute Gasteiger partial charge is 0.393 e. The first kappa shape index (κ1) is 30.5. The maximum atomic E-state index is 14.1. The molecule has 11 nitrogen and oxygen atoms in total. The lowest BCUT2D eigenvalue weighted by atomic mass is 9.59. The summed E-state index contributed by atoms with van der Waals surface area (Å²) in [6.45, 7) is 9.01. The number of hydrogen-bond donors (Lipinski definition) is 0. The predicted molar refractivity (Wildman–Crippen MR) is 158 cm³/mol. The van der Waals surface area contributed by atoms with Crippen molar-refractivity contribution in [1.29, 1.82) is 0 Å². The summed E-state index contributed by atoms with van der Waals surface area (Å²) < 4.78 is 17.3. The fourth-order valence-electron chi connectivity index (χ4n) is 7.13. The van der Waals surface area contributed by atoms with E-state index < -0.39 is 35.5 Å². The van der Waals surface area contributed by atoms with Crippen molar-refractivity contribution in [3.8, 4) is 0 Å². The van der Waals surface area contributed by atoms with E-state index in [-0.39, 0.29) is 49.7 Å². The zero-order valence-corrected chi connectivity index (χ0v) is 25.5. The van der Waals surface area contributed by atoms with E-state index in [0.29, 0.717) is 31.5 Å². The number of ether oxygens (including phenoxy) is 3. The minimum Gasteiger partial charge on any atom is -0.393 e. The fraction of sp³-hybridized carbons (Fsp3) is 0.531. The highest BCUT2D eigenvalue weighted by Crippen LogP contribution is 2.58. The van der Waals surface area contributed by atoms with Gasteiger partial charge in [-0.1, -0.05) is 43.3 Å². The topological polar surface area (TPSA) is 118 Å². The number of likely N-dealkylation sites (tertiary alicyclic amines) is 1. The average molecular weight is 593 g/mol. The summed E-state index contributed by atoms with van der Waals surface area (Å²) in [7, 11) is 1.56. The fourth-order valence-corrected chi connectivity index (χ4v) is 7.13. The first-order chi connectivity index (χ1) is 20.8. The summed E-state index contributed by atoms with van der Waals surface area (Å²) in [6.07, 6.45) is 1.65. The van der Waals surface area contributed by atoms with Gasteiger partial charge in [-0.25, -0.2) is 14.5 Å². The summed E-state index contributed by atoms with van der Waals surface area (Å²) in [5.74, 6) is -2.27. The van der Waals surface area contributed by atoms with E-state index in [1.54, 1.807) is 14.0 Å². The number of aliphatic imine (C=N–C) groups is 1. The monoisotopic (exact) mass is 592 g/mol. The van der Waals surface area contributed by atoms with Crippen LogP contribution < -0.4 is 0 Å². The maximum absolute atomic E-state index is 14.1. The number of amides is 4. The summed E-state index contributed by atoms with van der Waals surface area (Å²) in [5, 5.41) is 0. The molecule has 0 spiro atoms. The van der Waals surface area contributed by atoms with Crippen molar-refractivity contribution in [1.82, 2.24) is 14.7 Å². The van der Waals surface area contributed by atoms with Crippen LogP contribution in [0.25, 0.3) is 0 Å². The molecule has 0 bridgehead atoms. The summed E-state index contributed by atoms with van der Waals surface area (Å²) in [6, 6.07) is 9.57. The van der Waals surface area contributed by atoms with Crippen LogP contribution in [0.3, 0.4) is 0 Å². The Morgan fingerprint density at radius 3 is 2.44 bits per heavy atom. The second kappa shape index (κ2) is 12.3. The summed E-state index contributed by atoms with van der Waals surface area (Å²) in [4.78, 5) is 64.0. The van der Waals surface area contributed by atoms with E-state index in [1.165, 1.54) is 14.7 Å². The maximum Gasteiger partial charge on any atom is 0.424 e. The number of benzene rings is 1. The number of cyclic esters (lactones) is 1. The van der Waals surface area contributed by atoms with Crippen LogP contribution in [0.4, 0.5) is 9.59 Å². The van der Waals surface area contributed by atoms with E-state index in [2.05, 4.69) is 0 Å². The number of hydrogen-bond acceptors (Lipinski definition) is 8. The molecule has 0 saturated carbocycles. The van der Waals surface area contributed by atoms with Crippen molar-refractivity contribution in [2.45, 2.75) is 52.5 Å². The Kier molecular flexibility index (Phi) is 8.73. The molecule has 43 heavy (non-hydrogen) atoms. The molecule has 0 N–H and O–H groups in total. The molecule has 4 aliphatic rings. The van der Waals surface area contributed by atoms with Gasteiger partial charge < -0.3 is 19.1 Å². The number of carbonyl (C=O) groups excluding carboxylic acids is 4. The number of allylic oxidation sites excluding steroid dienone is 2. The highest BCUT2D eigenvalue weighted by atomic mass is 16.6. The van der Waals surface area contributed by atoms with Gasteiger partial charge in [0.05, 0.1) is 25.0 Å². The molecule has 1 aromatic carbocycles. The van der Waals surface area contributed by atoms with Gasteiger partial charge in [0.2, 0.25) is 23.6 Å². The molecule has 11 heteroatoms. The molecule has 0 aromatic heterocycles. The van der Waals surface area contributed by atoms with Crippen molar-refractivity contribution < 1.29 is 33.4 Å². The molecule has 1 aliphatic carbocycles. The molecular weight excluding hydrogens is 552 g/mol. The van der Waals surface area contributed by atoms with Gasteiger partial charge in [-0.15, -0.1) is 0 Å². The zero-order chi connectivity index (χ0) is 30.9.